The van der Waals surface area contributed by atoms with Crippen molar-refractivity contribution >= 4 is 17.6 Å². The largest absolute Gasteiger partial charge is 0.359 e. The molecule has 2 amide bonds. The minimum Gasteiger partial charge on any atom is -0.359 e. The van der Waals surface area contributed by atoms with E-state index in [4.69, 9.17) is 0 Å². The van der Waals surface area contributed by atoms with Crippen molar-refractivity contribution in [1.82, 2.24) is 10.2 Å². The van der Waals surface area contributed by atoms with Gasteiger partial charge < -0.3 is 10.2 Å². The predicted molar refractivity (Wildman–Crippen MR) is 102 cm³/mol. The molecule has 0 radical (unpaired) electrons. The number of rotatable bonds is 6. The second-order valence-corrected chi connectivity index (χ2v) is 6.47. The molecule has 0 heterocycles. The molecule has 0 spiro atoms. The van der Waals surface area contributed by atoms with Crippen molar-refractivity contribution in [1.29, 1.82) is 0 Å². The van der Waals surface area contributed by atoms with E-state index in [0.29, 0.717) is 16.7 Å². The minimum atomic E-state index is -0.467. The Morgan fingerprint density at radius 1 is 1.11 bits per heavy atom. The third-order valence-electron chi connectivity index (χ3n) is 4.53. The maximum Gasteiger partial charge on any atom is 0.253 e. The fraction of sp³-hybridized carbons (Fsp3) is 0.286. The summed E-state index contributed by atoms with van der Waals surface area (Å²) >= 11 is 0. The van der Waals surface area contributed by atoms with Crippen LogP contribution < -0.4 is 5.32 Å². The van der Waals surface area contributed by atoms with Crippen molar-refractivity contribution < 1.29 is 18.8 Å². The van der Waals surface area contributed by atoms with Crippen LogP contribution in [0.4, 0.5) is 4.39 Å². The second-order valence-electron chi connectivity index (χ2n) is 6.47. The average Bonchev–Trinajstić information content (AvgIpc) is 2.66. The number of carbonyl (C=O) groups is 3. The van der Waals surface area contributed by atoms with Gasteiger partial charge in [-0.1, -0.05) is 12.1 Å². The van der Waals surface area contributed by atoms with E-state index in [1.54, 1.807) is 45.3 Å². The van der Waals surface area contributed by atoms with Gasteiger partial charge in [-0.2, -0.15) is 0 Å². The van der Waals surface area contributed by atoms with Gasteiger partial charge in [-0.15, -0.1) is 0 Å². The highest BCUT2D eigenvalue weighted by atomic mass is 19.1. The molecule has 0 aromatic heterocycles. The van der Waals surface area contributed by atoms with Gasteiger partial charge in [0.1, 0.15) is 5.82 Å². The van der Waals surface area contributed by atoms with E-state index in [1.165, 1.54) is 30.0 Å². The molecule has 6 heteroatoms. The normalized spacial score (nSPS) is 11.6. The molecule has 2 aromatic carbocycles. The molecule has 2 aromatic rings. The number of hydrogen-bond donors (Lipinski definition) is 1. The summed E-state index contributed by atoms with van der Waals surface area (Å²) in [6, 6.07) is 10.5. The lowest BCUT2D eigenvalue weighted by Gasteiger charge is -2.24. The van der Waals surface area contributed by atoms with Crippen molar-refractivity contribution in [2.45, 2.75) is 26.3 Å². The predicted octanol–water partition coefficient (Wildman–Crippen LogP) is 3.29. The van der Waals surface area contributed by atoms with Gasteiger partial charge in [0, 0.05) is 43.2 Å². The van der Waals surface area contributed by atoms with Crippen LogP contribution in [0.1, 0.15) is 41.0 Å². The third-order valence-corrected chi connectivity index (χ3v) is 4.53. The summed E-state index contributed by atoms with van der Waals surface area (Å²) in [6.45, 7) is 3.20. The number of amides is 2. The van der Waals surface area contributed by atoms with Gasteiger partial charge in [-0.25, -0.2) is 4.39 Å². The molecule has 27 heavy (non-hydrogen) atoms. The Balaban J connectivity index is 2.32. The highest BCUT2D eigenvalue weighted by Crippen LogP contribution is 2.26. The molecule has 5 nitrogen and oxygen atoms in total. The number of ketones is 1. The smallest absolute Gasteiger partial charge is 0.253 e. The lowest BCUT2D eigenvalue weighted by Crippen LogP contribution is -2.38. The number of carbonyl (C=O) groups excluding carboxylic acids is 3. The molecule has 0 saturated carbocycles. The Morgan fingerprint density at radius 3 is 2.44 bits per heavy atom. The number of nitrogens with one attached hydrogen (secondary N) is 1. The second kappa shape index (κ2) is 8.58. The Morgan fingerprint density at radius 2 is 1.81 bits per heavy atom. The molecule has 0 aliphatic rings. The summed E-state index contributed by atoms with van der Waals surface area (Å²) in [5.41, 5.74) is 1.55. The van der Waals surface area contributed by atoms with Crippen LogP contribution in [0.3, 0.4) is 0 Å². The lowest BCUT2D eigenvalue weighted by molar-refractivity contribution is -0.121. The Kier molecular flexibility index (Phi) is 6.45. The SMILES string of the molecule is CNC(=O)C[C@H](C)N(C)C(=O)c1cccc(-c2cc(C(C)=O)ccc2F)c1. The highest BCUT2D eigenvalue weighted by molar-refractivity contribution is 5.97. The molecule has 1 N–H and O–H groups in total. The van der Waals surface area contributed by atoms with Gasteiger partial charge in [0.25, 0.3) is 5.91 Å². The molecule has 1 atom stereocenters. The standard InChI is InChI=1S/C21H23FN2O3/c1-13(10-20(26)23-3)24(4)21(27)17-7-5-6-16(11-17)18-12-15(14(2)25)8-9-19(18)22/h5-9,11-13H,10H2,1-4H3,(H,23,26)/t13-/m0/s1. The van der Waals surface area contributed by atoms with Crippen LogP contribution in [-0.2, 0) is 4.79 Å². The van der Waals surface area contributed by atoms with Crippen LogP contribution in [-0.4, -0.2) is 42.6 Å². The summed E-state index contributed by atoms with van der Waals surface area (Å²) < 4.78 is 14.3. The van der Waals surface area contributed by atoms with Gasteiger partial charge in [0.05, 0.1) is 0 Å². The van der Waals surface area contributed by atoms with Crippen LogP contribution in [0, 0.1) is 5.82 Å². The molecule has 0 fully saturated rings. The molecule has 142 valence electrons. The topological polar surface area (TPSA) is 66.5 Å². The number of Topliss-reactive ketones (excluding diaryl/α,β-unsaturated/α-hetero) is 1. The first kappa shape index (κ1) is 20.3. The Bertz CT molecular complexity index is 879. The first-order chi connectivity index (χ1) is 12.7. The van der Waals surface area contributed by atoms with Crippen molar-refractivity contribution in [3.8, 4) is 11.1 Å². The molecule has 2 rings (SSSR count). The fourth-order valence-electron chi connectivity index (χ4n) is 2.70. The summed E-state index contributed by atoms with van der Waals surface area (Å²) in [7, 11) is 3.17. The summed E-state index contributed by atoms with van der Waals surface area (Å²) in [4.78, 5) is 37.3. The van der Waals surface area contributed by atoms with Gasteiger partial charge in [0.15, 0.2) is 5.78 Å². The van der Waals surface area contributed by atoms with Crippen LogP contribution in [0.15, 0.2) is 42.5 Å². The van der Waals surface area contributed by atoms with E-state index in [-0.39, 0.29) is 35.6 Å². The van der Waals surface area contributed by atoms with Crippen molar-refractivity contribution in [3.63, 3.8) is 0 Å². The van der Waals surface area contributed by atoms with Crippen LogP contribution in [0.2, 0.25) is 0 Å². The highest BCUT2D eigenvalue weighted by Gasteiger charge is 2.20. The van der Waals surface area contributed by atoms with E-state index >= 15 is 0 Å². The minimum absolute atomic E-state index is 0.154. The summed E-state index contributed by atoms with van der Waals surface area (Å²) in [6.07, 6.45) is 0.188. The maximum atomic E-state index is 14.3. The first-order valence-corrected chi connectivity index (χ1v) is 8.63. The third kappa shape index (κ3) is 4.78. The fourth-order valence-corrected chi connectivity index (χ4v) is 2.70. The zero-order chi connectivity index (χ0) is 20.1. The van der Waals surface area contributed by atoms with Gasteiger partial charge >= 0.3 is 0 Å². The number of halogens is 1. The van der Waals surface area contributed by atoms with Crippen molar-refractivity contribution in [3.05, 3.63) is 59.4 Å². The average molecular weight is 370 g/mol. The van der Waals surface area contributed by atoms with E-state index in [1.807, 2.05) is 0 Å². The molecule has 0 saturated heterocycles. The van der Waals surface area contributed by atoms with Crippen molar-refractivity contribution in [2.75, 3.05) is 14.1 Å². The quantitative estimate of drug-likeness (QED) is 0.794. The number of nitrogens with zero attached hydrogens (tertiary/aromatic N) is 1. The van der Waals surface area contributed by atoms with E-state index < -0.39 is 5.82 Å². The zero-order valence-electron chi connectivity index (χ0n) is 15.9. The maximum absolute atomic E-state index is 14.3. The van der Waals surface area contributed by atoms with E-state index in [9.17, 15) is 18.8 Å². The van der Waals surface area contributed by atoms with Crippen LogP contribution in [0.25, 0.3) is 11.1 Å². The van der Waals surface area contributed by atoms with E-state index in [0.717, 1.165) is 0 Å². The number of hydrogen-bond acceptors (Lipinski definition) is 3. The molecule has 0 unspecified atom stereocenters. The van der Waals surface area contributed by atoms with Crippen molar-refractivity contribution in [2.24, 2.45) is 0 Å². The molecule has 0 aliphatic carbocycles. The van der Waals surface area contributed by atoms with Gasteiger partial charge in [0.2, 0.25) is 5.91 Å². The Labute approximate surface area is 158 Å². The van der Waals surface area contributed by atoms with Gasteiger partial charge in [-0.05, 0) is 49.7 Å². The molecular weight excluding hydrogens is 347 g/mol. The first-order valence-electron chi connectivity index (χ1n) is 8.63. The zero-order valence-corrected chi connectivity index (χ0v) is 15.9. The molecule has 0 aliphatic heterocycles. The lowest BCUT2D eigenvalue weighted by atomic mass is 9.99. The van der Waals surface area contributed by atoms with E-state index in [2.05, 4.69) is 5.32 Å². The summed E-state index contributed by atoms with van der Waals surface area (Å²) in [5.74, 6) is -1.05. The van der Waals surface area contributed by atoms with Gasteiger partial charge in [-0.3, -0.25) is 14.4 Å². The molecule has 0 bridgehead atoms. The number of benzene rings is 2. The van der Waals surface area contributed by atoms with Crippen LogP contribution >= 0.6 is 0 Å². The molecular formula is C21H23FN2O3. The monoisotopic (exact) mass is 370 g/mol. The van der Waals surface area contributed by atoms with Crippen LogP contribution in [0.5, 0.6) is 0 Å². The Hall–Kier alpha value is -3.02. The summed E-state index contributed by atoms with van der Waals surface area (Å²) in [5, 5.41) is 2.53.